The summed E-state index contributed by atoms with van der Waals surface area (Å²) in [6, 6.07) is 0. The molecule has 0 aliphatic heterocycles. The Morgan fingerprint density at radius 3 is 2.67 bits per heavy atom. The van der Waals surface area contributed by atoms with Gasteiger partial charge >= 0.3 is 0 Å². The van der Waals surface area contributed by atoms with Crippen molar-refractivity contribution in [3.05, 3.63) is 34.7 Å². The van der Waals surface area contributed by atoms with Crippen LogP contribution in [-0.4, -0.2) is 13.3 Å². The Morgan fingerprint density at radius 1 is 1.07 bits per heavy atom. The highest BCUT2D eigenvalue weighted by atomic mass is 31.1. The second-order valence-electron chi connectivity index (χ2n) is 4.76. The molecule has 0 aromatic carbocycles. The van der Waals surface area contributed by atoms with Gasteiger partial charge in [-0.05, 0) is 56.3 Å². The minimum atomic E-state index is 0.0635. The van der Waals surface area contributed by atoms with E-state index in [9.17, 15) is 0 Å². The zero-order chi connectivity index (χ0) is 10.7. The molecular formula is C14H21P. The largest absolute Gasteiger partial charge is 0.0817 e. The number of hydrogen-bond donors (Lipinski definition) is 0. The predicted molar refractivity (Wildman–Crippen MR) is 70.7 cm³/mol. The van der Waals surface area contributed by atoms with E-state index in [2.05, 4.69) is 31.6 Å². The van der Waals surface area contributed by atoms with Crippen molar-refractivity contribution in [2.45, 2.75) is 38.5 Å². The van der Waals surface area contributed by atoms with Gasteiger partial charge in [0, 0.05) is 0 Å². The molecule has 0 atom stereocenters. The monoisotopic (exact) mass is 220 g/mol. The summed E-state index contributed by atoms with van der Waals surface area (Å²) in [4.78, 5) is 0. The molecule has 0 aromatic rings. The minimum absolute atomic E-state index is 0.0635. The van der Waals surface area contributed by atoms with E-state index in [1.165, 1.54) is 38.5 Å². The molecule has 0 heterocycles. The van der Waals surface area contributed by atoms with Crippen LogP contribution in [0.1, 0.15) is 38.5 Å². The molecule has 0 fully saturated rings. The van der Waals surface area contributed by atoms with E-state index in [1.54, 1.807) is 16.5 Å². The Morgan fingerprint density at radius 2 is 1.87 bits per heavy atom. The summed E-state index contributed by atoms with van der Waals surface area (Å²) in [6.07, 6.45) is 15.3. The summed E-state index contributed by atoms with van der Waals surface area (Å²) in [6.45, 7) is 4.71. The van der Waals surface area contributed by atoms with E-state index in [1.807, 2.05) is 0 Å². The molecule has 0 spiro atoms. The molecule has 0 amide bonds. The van der Waals surface area contributed by atoms with Crippen LogP contribution in [0.3, 0.4) is 0 Å². The van der Waals surface area contributed by atoms with Crippen LogP contribution in [-0.2, 0) is 0 Å². The van der Waals surface area contributed by atoms with E-state index < -0.39 is 0 Å². The normalized spacial score (nSPS) is 22.2. The molecule has 0 N–H and O–H groups in total. The summed E-state index contributed by atoms with van der Waals surface area (Å²) in [7, 11) is 0.0635. The molecule has 0 saturated heterocycles. The van der Waals surface area contributed by atoms with Crippen LogP contribution in [0, 0.1) is 0 Å². The van der Waals surface area contributed by atoms with Gasteiger partial charge in [-0.2, -0.15) is 0 Å². The van der Waals surface area contributed by atoms with Crippen molar-refractivity contribution in [2.24, 2.45) is 0 Å². The molecule has 0 aromatic heterocycles. The van der Waals surface area contributed by atoms with Gasteiger partial charge in [0.25, 0.3) is 0 Å². The van der Waals surface area contributed by atoms with E-state index in [4.69, 9.17) is 0 Å². The third-order valence-electron chi connectivity index (χ3n) is 3.37. The lowest BCUT2D eigenvalue weighted by atomic mass is 10.0. The van der Waals surface area contributed by atoms with E-state index in [-0.39, 0.29) is 7.92 Å². The second kappa shape index (κ2) is 5.12. The van der Waals surface area contributed by atoms with Crippen molar-refractivity contribution in [2.75, 3.05) is 13.3 Å². The SMILES string of the molecule is CP(C)C1=CC2=C(CC=C1)CCCCC2. The Hall–Kier alpha value is -0.350. The molecule has 0 saturated carbocycles. The van der Waals surface area contributed by atoms with Gasteiger partial charge in [0.1, 0.15) is 0 Å². The quantitative estimate of drug-likeness (QED) is 0.555. The van der Waals surface area contributed by atoms with Crippen LogP contribution in [0.2, 0.25) is 0 Å². The van der Waals surface area contributed by atoms with Crippen molar-refractivity contribution in [3.8, 4) is 0 Å². The van der Waals surface area contributed by atoms with Gasteiger partial charge in [0.2, 0.25) is 0 Å². The molecule has 0 nitrogen and oxygen atoms in total. The van der Waals surface area contributed by atoms with Gasteiger partial charge in [-0.25, -0.2) is 0 Å². The van der Waals surface area contributed by atoms with E-state index in [0.717, 1.165) is 0 Å². The Labute approximate surface area is 94.9 Å². The lowest BCUT2D eigenvalue weighted by Crippen LogP contribution is -1.86. The third-order valence-corrected chi connectivity index (χ3v) is 4.68. The van der Waals surface area contributed by atoms with E-state index >= 15 is 0 Å². The number of rotatable bonds is 1. The molecule has 2 rings (SSSR count). The first kappa shape index (κ1) is 11.1. The first-order valence-electron chi connectivity index (χ1n) is 6.04. The average Bonchev–Trinajstić information content (AvgIpc) is 2.50. The summed E-state index contributed by atoms with van der Waals surface area (Å²) in [5.41, 5.74) is 3.39. The maximum atomic E-state index is 2.50. The fourth-order valence-electron chi connectivity index (χ4n) is 2.40. The molecule has 0 bridgehead atoms. The highest BCUT2D eigenvalue weighted by Gasteiger charge is 2.12. The smallest absolute Gasteiger partial charge is 0.0130 e. The maximum absolute atomic E-state index is 2.50. The highest BCUT2D eigenvalue weighted by molar-refractivity contribution is 7.60. The zero-order valence-corrected chi connectivity index (χ0v) is 10.8. The molecular weight excluding hydrogens is 199 g/mol. The van der Waals surface area contributed by atoms with Gasteiger partial charge in [-0.3, -0.25) is 0 Å². The Kier molecular flexibility index (Phi) is 3.81. The van der Waals surface area contributed by atoms with E-state index in [0.29, 0.717) is 0 Å². The Bertz CT molecular complexity index is 318. The molecule has 0 unspecified atom stereocenters. The highest BCUT2D eigenvalue weighted by Crippen LogP contribution is 2.41. The van der Waals surface area contributed by atoms with Crippen LogP contribution in [0.25, 0.3) is 0 Å². The van der Waals surface area contributed by atoms with Gasteiger partial charge in [0.15, 0.2) is 0 Å². The number of hydrogen-bond acceptors (Lipinski definition) is 0. The molecule has 15 heavy (non-hydrogen) atoms. The van der Waals surface area contributed by atoms with Crippen LogP contribution in [0.5, 0.6) is 0 Å². The van der Waals surface area contributed by atoms with Crippen molar-refractivity contribution >= 4 is 7.92 Å². The number of allylic oxidation sites excluding steroid dienone is 6. The van der Waals surface area contributed by atoms with Crippen LogP contribution >= 0.6 is 7.92 Å². The standard InChI is InChI=1S/C14H21P/c1-15(2)14-10-6-9-12-7-4-3-5-8-13(12)11-14/h6,10-11H,3-5,7-9H2,1-2H3. The van der Waals surface area contributed by atoms with Gasteiger partial charge in [0.05, 0.1) is 0 Å². The van der Waals surface area contributed by atoms with Crippen LogP contribution in [0.4, 0.5) is 0 Å². The average molecular weight is 220 g/mol. The molecule has 2 aliphatic carbocycles. The first-order valence-corrected chi connectivity index (χ1v) is 8.27. The summed E-state index contributed by atoms with van der Waals surface area (Å²) < 4.78 is 0. The van der Waals surface area contributed by atoms with Crippen molar-refractivity contribution in [1.82, 2.24) is 0 Å². The molecule has 2 aliphatic rings. The zero-order valence-electron chi connectivity index (χ0n) is 9.92. The van der Waals surface area contributed by atoms with Crippen LogP contribution < -0.4 is 0 Å². The third kappa shape index (κ3) is 2.82. The first-order chi connectivity index (χ1) is 7.27. The van der Waals surface area contributed by atoms with Gasteiger partial charge < -0.3 is 0 Å². The Balaban J connectivity index is 2.28. The predicted octanol–water partition coefficient (Wildman–Crippen LogP) is 4.83. The lowest BCUT2D eigenvalue weighted by Gasteiger charge is -2.08. The second-order valence-corrected chi connectivity index (χ2v) is 7.06. The van der Waals surface area contributed by atoms with Gasteiger partial charge in [-0.1, -0.05) is 38.1 Å². The van der Waals surface area contributed by atoms with Crippen molar-refractivity contribution < 1.29 is 0 Å². The fraction of sp³-hybridized carbons (Fsp3) is 0.571. The minimum Gasteiger partial charge on any atom is -0.0817 e. The fourth-order valence-corrected chi connectivity index (χ4v) is 3.22. The maximum Gasteiger partial charge on any atom is -0.0130 e. The van der Waals surface area contributed by atoms with Crippen LogP contribution in [0.15, 0.2) is 34.7 Å². The lowest BCUT2D eigenvalue weighted by molar-refractivity contribution is 0.705. The molecule has 0 radical (unpaired) electrons. The molecule has 1 heteroatoms. The summed E-state index contributed by atoms with van der Waals surface area (Å²) >= 11 is 0. The summed E-state index contributed by atoms with van der Waals surface area (Å²) in [5.74, 6) is 0. The van der Waals surface area contributed by atoms with Gasteiger partial charge in [-0.15, -0.1) is 0 Å². The van der Waals surface area contributed by atoms with Crippen molar-refractivity contribution in [1.29, 1.82) is 0 Å². The van der Waals surface area contributed by atoms with Crippen molar-refractivity contribution in [3.63, 3.8) is 0 Å². The molecule has 82 valence electrons. The topological polar surface area (TPSA) is 0 Å². The summed E-state index contributed by atoms with van der Waals surface area (Å²) in [5, 5.41) is 1.58.